The molecule has 0 aliphatic carbocycles. The number of carbonyl (C=O) groups excluding carboxylic acids is 1. The molecule has 4 rings (SSSR count). The molecule has 0 saturated carbocycles. The van der Waals surface area contributed by atoms with E-state index in [1.54, 1.807) is 20.8 Å². The second kappa shape index (κ2) is 10.7. The summed E-state index contributed by atoms with van der Waals surface area (Å²) < 4.78 is 97.9. The van der Waals surface area contributed by atoms with Gasteiger partial charge in [0.05, 0.1) is 37.3 Å². The molecule has 0 atom stereocenters. The van der Waals surface area contributed by atoms with Crippen LogP contribution in [0.1, 0.15) is 26.3 Å². The first kappa shape index (κ1) is 30.4. The molecule has 216 valence electrons. The van der Waals surface area contributed by atoms with E-state index in [1.165, 1.54) is 24.4 Å². The predicted molar refractivity (Wildman–Crippen MR) is 145 cm³/mol. The standard InChI is InChI=1S/C26H19Cl2F5N4O3S/c1-25(2,3)23(38)36-24-34-11-13-8-12(4-6-18(13)35-24)20-17(29)5-7-19(22(20)30)37-41(39,40)14-9-15(26(31,32)33)21(28)16(27)10-14/h4-11,37H,1-3H3,(H,34,35,36,38). The Morgan fingerprint density at radius 1 is 0.976 bits per heavy atom. The van der Waals surface area contributed by atoms with Crippen LogP contribution in [0.4, 0.5) is 33.6 Å². The van der Waals surface area contributed by atoms with Gasteiger partial charge in [0.2, 0.25) is 11.9 Å². The Morgan fingerprint density at radius 3 is 2.29 bits per heavy atom. The SMILES string of the molecule is CC(C)(C)C(=O)Nc1ncc2cc(-c3c(F)ccc(NS(=O)(=O)c4cc(Cl)c(Cl)c(C(F)(F)F)c4)c3F)ccc2n1. The Kier molecular flexibility index (Phi) is 7.93. The molecule has 0 radical (unpaired) electrons. The lowest BCUT2D eigenvalue weighted by atomic mass is 9.96. The van der Waals surface area contributed by atoms with E-state index in [9.17, 15) is 30.8 Å². The predicted octanol–water partition coefficient (Wildman–Crippen LogP) is 7.69. The number of halogens is 7. The molecular formula is C26H19Cl2F5N4O3S. The number of carbonyl (C=O) groups is 1. The monoisotopic (exact) mass is 632 g/mol. The van der Waals surface area contributed by atoms with Gasteiger partial charge in [0, 0.05) is 17.0 Å². The van der Waals surface area contributed by atoms with Crippen molar-refractivity contribution in [2.75, 3.05) is 10.0 Å². The van der Waals surface area contributed by atoms with Crippen LogP contribution in [-0.4, -0.2) is 24.3 Å². The van der Waals surface area contributed by atoms with Gasteiger partial charge in [-0.2, -0.15) is 13.2 Å². The number of nitrogens with one attached hydrogen (secondary N) is 2. The molecule has 0 bridgehead atoms. The molecule has 0 fully saturated rings. The zero-order valence-electron chi connectivity index (χ0n) is 21.3. The van der Waals surface area contributed by atoms with Crippen molar-refractivity contribution in [2.24, 2.45) is 5.41 Å². The van der Waals surface area contributed by atoms with Crippen molar-refractivity contribution in [3.8, 4) is 11.1 Å². The largest absolute Gasteiger partial charge is 0.417 e. The number of sulfonamides is 1. The fourth-order valence-corrected chi connectivity index (χ4v) is 5.17. The summed E-state index contributed by atoms with van der Waals surface area (Å²) in [4.78, 5) is 19.5. The molecule has 0 spiro atoms. The molecule has 15 heteroatoms. The van der Waals surface area contributed by atoms with Gasteiger partial charge >= 0.3 is 6.18 Å². The number of nitrogens with zero attached hydrogens (tertiary/aromatic N) is 2. The Bertz CT molecular complexity index is 1810. The third-order valence-corrected chi connectivity index (χ3v) is 7.87. The lowest BCUT2D eigenvalue weighted by molar-refractivity contribution is -0.137. The van der Waals surface area contributed by atoms with Crippen LogP contribution < -0.4 is 10.0 Å². The van der Waals surface area contributed by atoms with E-state index in [4.69, 9.17) is 23.2 Å². The summed E-state index contributed by atoms with van der Waals surface area (Å²) in [5.74, 6) is -2.69. The van der Waals surface area contributed by atoms with Crippen molar-refractivity contribution in [3.63, 3.8) is 0 Å². The number of benzene rings is 3. The summed E-state index contributed by atoms with van der Waals surface area (Å²) in [6.07, 6.45) is -3.70. The number of fused-ring (bicyclic) bond motifs is 1. The van der Waals surface area contributed by atoms with E-state index >= 15 is 4.39 Å². The van der Waals surface area contributed by atoms with Crippen molar-refractivity contribution in [2.45, 2.75) is 31.8 Å². The van der Waals surface area contributed by atoms with Gasteiger partial charge in [0.25, 0.3) is 10.0 Å². The average molecular weight is 633 g/mol. The molecule has 3 aromatic carbocycles. The van der Waals surface area contributed by atoms with Crippen LogP contribution in [-0.2, 0) is 21.0 Å². The van der Waals surface area contributed by atoms with Crippen molar-refractivity contribution in [3.05, 3.63) is 75.9 Å². The Labute approximate surface area is 240 Å². The summed E-state index contributed by atoms with van der Waals surface area (Å²) in [5, 5.41) is 1.32. The fraction of sp³-hybridized carbons (Fsp3) is 0.192. The third-order valence-electron chi connectivity index (χ3n) is 5.73. The van der Waals surface area contributed by atoms with Crippen LogP contribution in [0, 0.1) is 17.0 Å². The Morgan fingerprint density at radius 2 is 1.66 bits per heavy atom. The molecule has 1 aromatic heterocycles. The smallest absolute Gasteiger partial charge is 0.294 e. The highest BCUT2D eigenvalue weighted by atomic mass is 35.5. The quantitative estimate of drug-likeness (QED) is 0.220. The number of hydrogen-bond donors (Lipinski definition) is 2. The first-order valence-corrected chi connectivity index (χ1v) is 13.8. The topological polar surface area (TPSA) is 101 Å². The zero-order valence-corrected chi connectivity index (χ0v) is 23.6. The van der Waals surface area contributed by atoms with Crippen molar-refractivity contribution < 1.29 is 35.2 Å². The number of hydrogen-bond acceptors (Lipinski definition) is 5. The molecule has 0 aliphatic heterocycles. The van der Waals surface area contributed by atoms with Gasteiger partial charge in [-0.15, -0.1) is 0 Å². The Balaban J connectivity index is 1.71. The molecule has 2 N–H and O–H groups in total. The lowest BCUT2D eigenvalue weighted by Crippen LogP contribution is -2.28. The van der Waals surface area contributed by atoms with Crippen molar-refractivity contribution in [1.29, 1.82) is 0 Å². The Hall–Kier alpha value is -3.55. The van der Waals surface area contributed by atoms with Gasteiger partial charge in [0.1, 0.15) is 5.82 Å². The second-order valence-corrected chi connectivity index (χ2v) is 12.3. The minimum Gasteiger partial charge on any atom is -0.294 e. The van der Waals surface area contributed by atoms with E-state index in [0.29, 0.717) is 17.0 Å². The highest BCUT2D eigenvalue weighted by molar-refractivity contribution is 7.92. The fourth-order valence-electron chi connectivity index (χ4n) is 3.56. The third kappa shape index (κ3) is 6.36. The van der Waals surface area contributed by atoms with Gasteiger partial charge in [-0.3, -0.25) is 14.8 Å². The zero-order chi connectivity index (χ0) is 30.5. The van der Waals surface area contributed by atoms with Crippen LogP contribution in [0.5, 0.6) is 0 Å². The number of anilines is 2. The van der Waals surface area contributed by atoms with Gasteiger partial charge in [0.15, 0.2) is 5.82 Å². The summed E-state index contributed by atoms with van der Waals surface area (Å²) in [5.41, 5.74) is -3.25. The molecular weight excluding hydrogens is 614 g/mol. The maximum Gasteiger partial charge on any atom is 0.417 e. The molecule has 41 heavy (non-hydrogen) atoms. The van der Waals surface area contributed by atoms with Crippen LogP contribution in [0.15, 0.2) is 53.6 Å². The number of rotatable bonds is 5. The maximum absolute atomic E-state index is 15.5. The van der Waals surface area contributed by atoms with Crippen LogP contribution >= 0.6 is 23.2 Å². The summed E-state index contributed by atoms with van der Waals surface area (Å²) >= 11 is 11.3. The van der Waals surface area contributed by atoms with Crippen molar-refractivity contribution in [1.82, 2.24) is 9.97 Å². The minimum absolute atomic E-state index is 0.0162. The molecule has 4 aromatic rings. The van der Waals surface area contributed by atoms with Crippen molar-refractivity contribution >= 4 is 61.7 Å². The molecule has 0 unspecified atom stereocenters. The average Bonchev–Trinajstić information content (AvgIpc) is 2.86. The summed E-state index contributed by atoms with van der Waals surface area (Å²) in [6, 6.07) is 6.58. The maximum atomic E-state index is 15.5. The second-order valence-electron chi connectivity index (χ2n) is 9.83. The molecule has 7 nitrogen and oxygen atoms in total. The highest BCUT2D eigenvalue weighted by Crippen LogP contribution is 2.40. The first-order chi connectivity index (χ1) is 18.9. The lowest BCUT2D eigenvalue weighted by Gasteiger charge is -2.17. The molecule has 1 heterocycles. The highest BCUT2D eigenvalue weighted by Gasteiger charge is 2.36. The van der Waals surface area contributed by atoms with Gasteiger partial charge in [-0.05, 0) is 42.0 Å². The van der Waals surface area contributed by atoms with E-state index in [-0.39, 0.29) is 23.5 Å². The van der Waals surface area contributed by atoms with E-state index in [2.05, 4.69) is 15.3 Å². The molecule has 0 saturated heterocycles. The first-order valence-electron chi connectivity index (χ1n) is 11.5. The normalized spacial score (nSPS) is 12.4. The van der Waals surface area contributed by atoms with Gasteiger partial charge in [-0.25, -0.2) is 27.2 Å². The van der Waals surface area contributed by atoms with Gasteiger partial charge < -0.3 is 0 Å². The molecule has 1 amide bonds. The number of aromatic nitrogens is 2. The van der Waals surface area contributed by atoms with Crippen LogP contribution in [0.3, 0.4) is 0 Å². The van der Waals surface area contributed by atoms with E-state index in [0.717, 1.165) is 12.1 Å². The van der Waals surface area contributed by atoms with E-state index < -0.39 is 65.0 Å². The van der Waals surface area contributed by atoms with E-state index in [1.807, 2.05) is 4.72 Å². The molecule has 0 aliphatic rings. The number of alkyl halides is 3. The summed E-state index contributed by atoms with van der Waals surface area (Å²) in [7, 11) is -4.84. The van der Waals surface area contributed by atoms with Gasteiger partial charge in [-0.1, -0.05) is 50.0 Å². The summed E-state index contributed by atoms with van der Waals surface area (Å²) in [6.45, 7) is 5.12. The number of amides is 1. The van der Waals surface area contributed by atoms with Crippen LogP contribution in [0.25, 0.3) is 22.0 Å². The minimum atomic E-state index is -5.03. The van der Waals surface area contributed by atoms with Crippen LogP contribution in [0.2, 0.25) is 10.0 Å².